The molecule has 1 aromatic heterocycles. The molecule has 0 aromatic carbocycles. The Hall–Kier alpha value is -0.500. The average Bonchev–Trinajstić information content (AvgIpc) is 2.21. The van der Waals surface area contributed by atoms with Crippen LogP contribution in [0.25, 0.3) is 0 Å². The Morgan fingerprint density at radius 2 is 2.31 bits per heavy atom. The molecule has 88 valence electrons. The van der Waals surface area contributed by atoms with E-state index in [2.05, 4.69) is 9.72 Å². The van der Waals surface area contributed by atoms with Gasteiger partial charge in [-0.15, -0.1) is 0 Å². The summed E-state index contributed by atoms with van der Waals surface area (Å²) in [6.45, 7) is 1.67. The summed E-state index contributed by atoms with van der Waals surface area (Å²) in [5.74, 6) is -0.881. The summed E-state index contributed by atoms with van der Waals surface area (Å²) < 4.78 is 30.3. The number of halogens is 4. The number of hydrogen-bond donors (Lipinski definition) is 0. The molecule has 7 heteroatoms. The molecule has 0 spiro atoms. The monoisotopic (exact) mass is 361 g/mol. The number of alkyl halides is 2. The second kappa shape index (κ2) is 5.72. The highest BCUT2D eigenvalue weighted by Crippen LogP contribution is 2.30. The summed E-state index contributed by atoms with van der Waals surface area (Å²) in [7, 11) is 0. The van der Waals surface area contributed by atoms with Gasteiger partial charge in [0.2, 0.25) is 0 Å². The lowest BCUT2D eigenvalue weighted by molar-refractivity contribution is 0.0513. The van der Waals surface area contributed by atoms with Crippen LogP contribution in [0.5, 0.6) is 0 Å². The van der Waals surface area contributed by atoms with Gasteiger partial charge >= 0.3 is 5.97 Å². The van der Waals surface area contributed by atoms with Gasteiger partial charge in [0.25, 0.3) is 6.43 Å². The van der Waals surface area contributed by atoms with Crippen molar-refractivity contribution in [1.82, 2.24) is 4.98 Å². The van der Waals surface area contributed by atoms with Crippen molar-refractivity contribution in [2.24, 2.45) is 0 Å². The minimum absolute atomic E-state index is 0.0515. The fourth-order valence-corrected chi connectivity index (χ4v) is 1.67. The number of aromatic nitrogens is 1. The molecule has 1 rings (SSSR count). The summed E-state index contributed by atoms with van der Waals surface area (Å²) in [4.78, 5) is 15.0. The molecule has 0 aliphatic rings. The number of pyridine rings is 1. The lowest BCUT2D eigenvalue weighted by atomic mass is 10.2. The maximum Gasteiger partial charge on any atom is 0.341 e. The molecule has 0 aliphatic carbocycles. The molecule has 1 heterocycles. The van der Waals surface area contributed by atoms with E-state index in [1.807, 2.05) is 0 Å². The van der Waals surface area contributed by atoms with Crippen molar-refractivity contribution >= 4 is 40.2 Å². The second-order valence-corrected chi connectivity index (χ2v) is 4.24. The molecule has 0 radical (unpaired) electrons. The van der Waals surface area contributed by atoms with Crippen molar-refractivity contribution in [1.29, 1.82) is 0 Å². The highest BCUT2D eigenvalue weighted by atomic mass is 127. The third-order valence-electron chi connectivity index (χ3n) is 1.69. The SMILES string of the molecule is CCOC(=O)c1c(C(F)F)ncc(I)c1Cl. The van der Waals surface area contributed by atoms with Gasteiger partial charge in [0.05, 0.1) is 15.2 Å². The number of hydrogen-bond acceptors (Lipinski definition) is 3. The minimum Gasteiger partial charge on any atom is -0.462 e. The Morgan fingerprint density at radius 1 is 1.69 bits per heavy atom. The Kier molecular flexibility index (Phi) is 4.85. The van der Waals surface area contributed by atoms with Crippen LogP contribution in [0.15, 0.2) is 6.20 Å². The number of ether oxygens (including phenoxy) is 1. The molecule has 16 heavy (non-hydrogen) atoms. The van der Waals surface area contributed by atoms with Crippen molar-refractivity contribution in [2.75, 3.05) is 6.61 Å². The molecule has 0 fully saturated rings. The fraction of sp³-hybridized carbons (Fsp3) is 0.333. The minimum atomic E-state index is -2.87. The third kappa shape index (κ3) is 2.79. The Morgan fingerprint density at radius 3 is 2.81 bits per heavy atom. The van der Waals surface area contributed by atoms with E-state index < -0.39 is 18.1 Å². The van der Waals surface area contributed by atoms with Gasteiger partial charge < -0.3 is 4.74 Å². The highest BCUT2D eigenvalue weighted by Gasteiger charge is 2.25. The summed E-state index contributed by atoms with van der Waals surface area (Å²) in [5, 5.41) is -0.0515. The van der Waals surface area contributed by atoms with Crippen LogP contribution in [0.3, 0.4) is 0 Å². The van der Waals surface area contributed by atoms with Crippen molar-refractivity contribution < 1.29 is 18.3 Å². The fourth-order valence-electron chi connectivity index (χ4n) is 1.04. The zero-order chi connectivity index (χ0) is 12.3. The molecule has 0 bridgehead atoms. The molecule has 0 atom stereocenters. The molecule has 0 unspecified atom stereocenters. The van der Waals surface area contributed by atoms with Crippen molar-refractivity contribution in [3.05, 3.63) is 26.0 Å². The topological polar surface area (TPSA) is 39.2 Å². The highest BCUT2D eigenvalue weighted by molar-refractivity contribution is 14.1. The van der Waals surface area contributed by atoms with E-state index in [9.17, 15) is 13.6 Å². The standard InChI is InChI=1S/C9H7ClF2INO2/c1-2-16-9(15)5-6(10)4(13)3-14-7(5)8(11)12/h3,8H,2H2,1H3. The maximum atomic E-state index is 12.6. The van der Waals surface area contributed by atoms with E-state index in [1.54, 1.807) is 29.5 Å². The zero-order valence-electron chi connectivity index (χ0n) is 8.14. The van der Waals surface area contributed by atoms with Gasteiger partial charge in [0, 0.05) is 6.20 Å². The van der Waals surface area contributed by atoms with E-state index in [4.69, 9.17) is 11.6 Å². The van der Waals surface area contributed by atoms with Gasteiger partial charge in [0.1, 0.15) is 11.3 Å². The summed E-state index contributed by atoms with van der Waals surface area (Å²) in [5.41, 5.74) is -1.01. The van der Waals surface area contributed by atoms with Crippen molar-refractivity contribution in [2.45, 2.75) is 13.3 Å². The summed E-state index contributed by atoms with van der Waals surface area (Å²) in [6, 6.07) is 0. The van der Waals surface area contributed by atoms with Gasteiger partial charge in [-0.05, 0) is 29.5 Å². The third-order valence-corrected chi connectivity index (χ3v) is 3.22. The molecule has 3 nitrogen and oxygen atoms in total. The van der Waals surface area contributed by atoms with E-state index in [0.717, 1.165) is 0 Å². The first-order chi connectivity index (χ1) is 7.49. The van der Waals surface area contributed by atoms with Gasteiger partial charge in [-0.3, -0.25) is 4.98 Å². The van der Waals surface area contributed by atoms with Gasteiger partial charge in [-0.2, -0.15) is 0 Å². The molecule has 0 saturated heterocycles. The van der Waals surface area contributed by atoms with Crippen molar-refractivity contribution in [3.8, 4) is 0 Å². The molecular formula is C9H7ClF2INO2. The zero-order valence-corrected chi connectivity index (χ0v) is 11.1. The van der Waals surface area contributed by atoms with Crippen LogP contribution < -0.4 is 0 Å². The van der Waals surface area contributed by atoms with E-state index in [-0.39, 0.29) is 17.2 Å². The van der Waals surface area contributed by atoms with Crippen LogP contribution in [0.2, 0.25) is 5.02 Å². The maximum absolute atomic E-state index is 12.6. The predicted octanol–water partition coefficient (Wildman–Crippen LogP) is 3.45. The smallest absolute Gasteiger partial charge is 0.341 e. The molecular weight excluding hydrogens is 354 g/mol. The Bertz CT molecular complexity index is 415. The number of carbonyl (C=O) groups excluding carboxylic acids is 1. The predicted molar refractivity (Wildman–Crippen MR) is 62.9 cm³/mol. The summed E-state index contributed by atoms with van der Waals surface area (Å²) in [6.07, 6.45) is -1.68. The van der Waals surface area contributed by atoms with Crippen LogP contribution in [0.4, 0.5) is 8.78 Å². The van der Waals surface area contributed by atoms with Crippen molar-refractivity contribution in [3.63, 3.8) is 0 Å². The summed E-state index contributed by atoms with van der Waals surface area (Å²) >= 11 is 7.60. The van der Waals surface area contributed by atoms with Crippen LogP contribution in [-0.2, 0) is 4.74 Å². The first kappa shape index (κ1) is 13.6. The largest absolute Gasteiger partial charge is 0.462 e. The Balaban J connectivity index is 3.31. The molecule has 0 N–H and O–H groups in total. The van der Waals surface area contributed by atoms with Gasteiger partial charge in [0.15, 0.2) is 0 Å². The molecule has 0 aliphatic heterocycles. The quantitative estimate of drug-likeness (QED) is 0.611. The normalized spacial score (nSPS) is 10.6. The van der Waals surface area contributed by atoms with E-state index in [0.29, 0.717) is 3.57 Å². The van der Waals surface area contributed by atoms with Gasteiger partial charge in [-0.1, -0.05) is 11.6 Å². The number of carbonyl (C=O) groups is 1. The number of rotatable bonds is 3. The average molecular weight is 362 g/mol. The second-order valence-electron chi connectivity index (χ2n) is 2.70. The number of esters is 1. The van der Waals surface area contributed by atoms with Crippen LogP contribution >= 0.6 is 34.2 Å². The first-order valence-corrected chi connectivity index (χ1v) is 5.73. The van der Waals surface area contributed by atoms with E-state index in [1.165, 1.54) is 6.20 Å². The number of nitrogens with zero attached hydrogens (tertiary/aromatic N) is 1. The lowest BCUT2D eigenvalue weighted by Crippen LogP contribution is -2.11. The Labute approximate surface area is 109 Å². The molecule has 0 saturated carbocycles. The first-order valence-electron chi connectivity index (χ1n) is 4.28. The van der Waals surface area contributed by atoms with Crippen LogP contribution in [0.1, 0.15) is 29.4 Å². The van der Waals surface area contributed by atoms with Gasteiger partial charge in [-0.25, -0.2) is 13.6 Å². The molecule has 0 amide bonds. The van der Waals surface area contributed by atoms with Crippen LogP contribution in [0, 0.1) is 3.57 Å². The lowest BCUT2D eigenvalue weighted by Gasteiger charge is -2.09. The van der Waals surface area contributed by atoms with Crippen LogP contribution in [-0.4, -0.2) is 17.6 Å². The van der Waals surface area contributed by atoms with E-state index >= 15 is 0 Å². The molecule has 1 aromatic rings.